The summed E-state index contributed by atoms with van der Waals surface area (Å²) in [6.45, 7) is -0.247. The molecule has 0 aliphatic rings. The summed E-state index contributed by atoms with van der Waals surface area (Å²) in [5.74, 6) is 0. The van der Waals surface area contributed by atoms with Gasteiger partial charge in [-0.3, -0.25) is 0 Å². The third-order valence-electron chi connectivity index (χ3n) is 1.80. The Morgan fingerprint density at radius 3 is 2.62 bits per heavy atom. The third kappa shape index (κ3) is 3.05. The predicted octanol–water partition coefficient (Wildman–Crippen LogP) is -0.207. The first kappa shape index (κ1) is 10.6. The fourth-order valence-electron chi connectivity index (χ4n) is 1.13. The molecular weight excluding hydrogens is 187 g/mol. The first-order chi connectivity index (χ1) is 6.27. The van der Waals surface area contributed by atoms with Crippen LogP contribution in [0.3, 0.4) is 0 Å². The lowest BCUT2D eigenvalue weighted by atomic mass is 10.1. The lowest BCUT2D eigenvalue weighted by Gasteiger charge is -2.09. The van der Waals surface area contributed by atoms with E-state index >= 15 is 0 Å². The molecule has 1 aromatic rings. The number of hydrogen-bond acceptors (Lipinski definition) is 3. The zero-order valence-electron chi connectivity index (χ0n) is 7.14. The van der Waals surface area contributed by atoms with Crippen LogP contribution in [0, 0.1) is 0 Å². The summed E-state index contributed by atoms with van der Waals surface area (Å²) in [5, 5.41) is 18.7. The molecule has 0 aliphatic heterocycles. The molecule has 3 N–H and O–H groups in total. The van der Waals surface area contributed by atoms with Gasteiger partial charge in [0.15, 0.2) is 0 Å². The Balaban J connectivity index is 2.74. The van der Waals surface area contributed by atoms with Gasteiger partial charge < -0.3 is 15.1 Å². The second kappa shape index (κ2) is 5.30. The minimum absolute atomic E-state index is 0.247. The van der Waals surface area contributed by atoms with Crippen LogP contribution in [0.2, 0.25) is 0 Å². The molecule has 72 valence electrons. The summed E-state index contributed by atoms with van der Waals surface area (Å²) >= 11 is 0. The molecule has 0 heterocycles. The fourth-order valence-corrected chi connectivity index (χ4v) is 1.63. The van der Waals surface area contributed by atoms with Gasteiger partial charge in [0.1, 0.15) is 0 Å². The third-order valence-corrected chi connectivity index (χ3v) is 2.53. The molecule has 0 saturated carbocycles. The van der Waals surface area contributed by atoms with Crippen molar-refractivity contribution in [3.8, 4) is 0 Å². The molecule has 13 heavy (non-hydrogen) atoms. The fraction of sp³-hybridized carbons (Fsp3) is 0.333. The van der Waals surface area contributed by atoms with E-state index in [1.807, 2.05) is 24.3 Å². The maximum absolute atomic E-state index is 9.20. The van der Waals surface area contributed by atoms with E-state index in [2.05, 4.69) is 0 Å². The van der Waals surface area contributed by atoms with Crippen LogP contribution >= 0.6 is 8.81 Å². The van der Waals surface area contributed by atoms with E-state index < -0.39 is 6.10 Å². The van der Waals surface area contributed by atoms with Gasteiger partial charge in [-0.1, -0.05) is 24.3 Å². The van der Waals surface area contributed by atoms with E-state index in [-0.39, 0.29) is 15.4 Å². The minimum Gasteiger partial charge on any atom is -0.394 e. The van der Waals surface area contributed by atoms with Gasteiger partial charge in [0, 0.05) is 20.5 Å². The van der Waals surface area contributed by atoms with Gasteiger partial charge in [-0.15, -0.1) is 0 Å². The molecule has 1 aromatic carbocycles. The first-order valence-electron chi connectivity index (χ1n) is 4.05. The SMILES string of the molecule is OCC(O)Cc1ccccc1PO. The van der Waals surface area contributed by atoms with Crippen LogP contribution in [0.1, 0.15) is 5.56 Å². The summed E-state index contributed by atoms with van der Waals surface area (Å²) in [7, 11) is -0.263. The van der Waals surface area contributed by atoms with Crippen LogP contribution in [0.5, 0.6) is 0 Å². The summed E-state index contributed by atoms with van der Waals surface area (Å²) in [4.78, 5) is 8.99. The predicted molar refractivity (Wildman–Crippen MR) is 53.4 cm³/mol. The summed E-state index contributed by atoms with van der Waals surface area (Å²) < 4.78 is 0. The van der Waals surface area contributed by atoms with Crippen LogP contribution in [0.25, 0.3) is 0 Å². The Morgan fingerprint density at radius 1 is 1.31 bits per heavy atom. The van der Waals surface area contributed by atoms with Crippen LogP contribution in [-0.4, -0.2) is 27.8 Å². The summed E-state index contributed by atoms with van der Waals surface area (Å²) in [6, 6.07) is 7.35. The van der Waals surface area contributed by atoms with E-state index in [0.29, 0.717) is 6.42 Å². The van der Waals surface area contributed by atoms with Crippen molar-refractivity contribution in [2.24, 2.45) is 0 Å². The molecule has 0 aromatic heterocycles. The normalized spacial score (nSPS) is 13.8. The molecule has 0 spiro atoms. The molecule has 0 radical (unpaired) electrons. The molecule has 0 fully saturated rings. The molecular formula is C9H13O3P. The van der Waals surface area contributed by atoms with Gasteiger partial charge in [-0.05, 0) is 5.56 Å². The van der Waals surface area contributed by atoms with Gasteiger partial charge in [0.25, 0.3) is 0 Å². The highest BCUT2D eigenvalue weighted by Gasteiger charge is 2.06. The lowest BCUT2D eigenvalue weighted by Crippen LogP contribution is -2.18. The molecule has 0 amide bonds. The Kier molecular flexibility index (Phi) is 4.33. The Hall–Kier alpha value is -0.470. The number of rotatable bonds is 4. The van der Waals surface area contributed by atoms with E-state index in [0.717, 1.165) is 10.9 Å². The second-order valence-electron chi connectivity index (χ2n) is 2.81. The van der Waals surface area contributed by atoms with E-state index in [1.165, 1.54) is 0 Å². The minimum atomic E-state index is -0.738. The average Bonchev–Trinajstić information content (AvgIpc) is 2.18. The van der Waals surface area contributed by atoms with Crippen molar-refractivity contribution in [1.29, 1.82) is 0 Å². The number of aliphatic hydroxyl groups is 2. The largest absolute Gasteiger partial charge is 0.394 e. The topological polar surface area (TPSA) is 60.7 Å². The Labute approximate surface area is 78.9 Å². The van der Waals surface area contributed by atoms with E-state index in [9.17, 15) is 5.11 Å². The summed E-state index contributed by atoms with van der Waals surface area (Å²) in [5.41, 5.74) is 0.893. The smallest absolute Gasteiger partial charge is 0.0811 e. The zero-order chi connectivity index (χ0) is 9.68. The van der Waals surface area contributed by atoms with Crippen molar-refractivity contribution in [1.82, 2.24) is 0 Å². The van der Waals surface area contributed by atoms with Crippen LogP contribution in [0.15, 0.2) is 24.3 Å². The highest BCUT2D eigenvalue weighted by Crippen LogP contribution is 2.10. The maximum atomic E-state index is 9.20. The van der Waals surface area contributed by atoms with Crippen molar-refractivity contribution >= 4 is 14.1 Å². The molecule has 2 unspecified atom stereocenters. The lowest BCUT2D eigenvalue weighted by molar-refractivity contribution is 0.0957. The van der Waals surface area contributed by atoms with Crippen LogP contribution in [-0.2, 0) is 6.42 Å². The van der Waals surface area contributed by atoms with Gasteiger partial charge >= 0.3 is 0 Å². The second-order valence-corrected chi connectivity index (χ2v) is 3.57. The van der Waals surface area contributed by atoms with Gasteiger partial charge in [0.05, 0.1) is 12.7 Å². The van der Waals surface area contributed by atoms with Crippen molar-refractivity contribution < 1.29 is 15.1 Å². The molecule has 3 nitrogen and oxygen atoms in total. The highest BCUT2D eigenvalue weighted by atomic mass is 31.1. The molecule has 0 bridgehead atoms. The average molecular weight is 200 g/mol. The molecule has 4 heteroatoms. The maximum Gasteiger partial charge on any atom is 0.0811 e. The van der Waals surface area contributed by atoms with Crippen molar-refractivity contribution in [2.75, 3.05) is 6.61 Å². The molecule has 1 rings (SSSR count). The summed E-state index contributed by atoms with van der Waals surface area (Å²) in [6.07, 6.45) is -0.349. The molecule has 2 atom stereocenters. The highest BCUT2D eigenvalue weighted by molar-refractivity contribution is 7.41. The van der Waals surface area contributed by atoms with Gasteiger partial charge in [-0.2, -0.15) is 0 Å². The van der Waals surface area contributed by atoms with Crippen molar-refractivity contribution in [3.63, 3.8) is 0 Å². The number of benzene rings is 1. The zero-order valence-corrected chi connectivity index (χ0v) is 8.14. The van der Waals surface area contributed by atoms with E-state index in [1.54, 1.807) is 0 Å². The number of hydrogen-bond donors (Lipinski definition) is 3. The van der Waals surface area contributed by atoms with Crippen LogP contribution < -0.4 is 5.30 Å². The van der Waals surface area contributed by atoms with Crippen molar-refractivity contribution in [3.05, 3.63) is 29.8 Å². The van der Waals surface area contributed by atoms with Crippen LogP contribution in [0.4, 0.5) is 0 Å². The Morgan fingerprint density at radius 2 is 2.00 bits per heavy atom. The monoisotopic (exact) mass is 200 g/mol. The number of aliphatic hydroxyl groups excluding tert-OH is 2. The Bertz CT molecular complexity index is 265. The van der Waals surface area contributed by atoms with Crippen molar-refractivity contribution in [2.45, 2.75) is 12.5 Å². The van der Waals surface area contributed by atoms with Gasteiger partial charge in [0.2, 0.25) is 0 Å². The standard InChI is InChI=1S/C9H13O3P/c10-6-8(11)5-7-3-1-2-4-9(7)13-12/h1-4,8,10-13H,5-6H2. The molecule has 0 aliphatic carbocycles. The first-order valence-corrected chi connectivity index (χ1v) is 4.99. The molecule has 0 saturated heterocycles. The van der Waals surface area contributed by atoms with Gasteiger partial charge in [-0.25, -0.2) is 0 Å². The van der Waals surface area contributed by atoms with E-state index in [4.69, 9.17) is 10.00 Å². The quantitative estimate of drug-likeness (QED) is 0.589.